The zero-order valence-electron chi connectivity index (χ0n) is 22.0. The molecule has 2 saturated heterocycles. The van der Waals surface area contributed by atoms with Crippen LogP contribution in [-0.4, -0.2) is 63.6 Å². The quantitative estimate of drug-likeness (QED) is 0.206. The number of esters is 2. The Morgan fingerprint density at radius 2 is 1.84 bits per heavy atom. The van der Waals surface area contributed by atoms with Crippen molar-refractivity contribution >= 4 is 11.9 Å². The lowest BCUT2D eigenvalue weighted by atomic mass is 9.91. The first-order valence-corrected chi connectivity index (χ1v) is 13.8. The third-order valence-corrected chi connectivity index (χ3v) is 7.53. The van der Waals surface area contributed by atoms with Crippen LogP contribution in [0.4, 0.5) is 0 Å². The van der Waals surface area contributed by atoms with Crippen LogP contribution < -0.4 is 0 Å². The number of aryl methyl sites for hydroxylation is 1. The Morgan fingerprint density at radius 3 is 2.61 bits per heavy atom. The Balaban J connectivity index is 1.15. The lowest BCUT2D eigenvalue weighted by Gasteiger charge is -2.41. The van der Waals surface area contributed by atoms with Crippen LogP contribution >= 0.6 is 0 Å². The molecule has 1 aromatic rings. The highest BCUT2D eigenvalue weighted by Crippen LogP contribution is 2.44. The van der Waals surface area contributed by atoms with Gasteiger partial charge >= 0.3 is 11.9 Å². The second-order valence-corrected chi connectivity index (χ2v) is 10.8. The van der Waals surface area contributed by atoms with Crippen molar-refractivity contribution in [1.29, 1.82) is 0 Å². The first-order chi connectivity index (χ1) is 18.2. The fraction of sp³-hybridized carbons (Fsp3) is 0.655. The van der Waals surface area contributed by atoms with Crippen LogP contribution in [0.25, 0.3) is 0 Å². The van der Waals surface area contributed by atoms with Crippen LogP contribution in [0.5, 0.6) is 11.5 Å². The lowest BCUT2D eigenvalue weighted by molar-refractivity contribution is -0.286. The molecule has 0 radical (unpaired) electrons. The number of rotatable bonds is 12. The van der Waals surface area contributed by atoms with Crippen LogP contribution in [0.1, 0.15) is 83.1 Å². The van der Waals surface area contributed by atoms with E-state index in [2.05, 4.69) is 0 Å². The molecule has 6 atom stereocenters. The molecule has 38 heavy (non-hydrogen) atoms. The predicted molar refractivity (Wildman–Crippen MR) is 137 cm³/mol. The molecule has 6 unspecified atom stereocenters. The van der Waals surface area contributed by atoms with Gasteiger partial charge in [0.2, 0.25) is 0 Å². The number of hydrogen-bond acceptors (Lipinski definition) is 9. The number of ether oxygens (including phenoxy) is 4. The molecule has 4 rings (SSSR count). The van der Waals surface area contributed by atoms with E-state index < -0.39 is 24.0 Å². The third-order valence-electron chi connectivity index (χ3n) is 7.53. The molecule has 0 aromatic heterocycles. The standard InChI is InChI=1S/C29H40O9/c1-19(30)35-23-16-22(37-29(17-23)18-27-26(38-29)12-13-28(34)36-27)15-21(31)9-7-5-3-2-4-6-8-20-10-11-24(32)25(33)14-20/h10-14,21-23,26-27,31-33H,2-9,15-18H2,1H3. The van der Waals surface area contributed by atoms with Crippen molar-refractivity contribution in [1.82, 2.24) is 0 Å². The first-order valence-electron chi connectivity index (χ1n) is 13.8. The molecular weight excluding hydrogens is 492 g/mol. The minimum Gasteiger partial charge on any atom is -0.504 e. The maximum atomic E-state index is 11.7. The van der Waals surface area contributed by atoms with Crippen molar-refractivity contribution in [3.05, 3.63) is 35.9 Å². The van der Waals surface area contributed by atoms with E-state index in [1.165, 1.54) is 19.1 Å². The highest BCUT2D eigenvalue weighted by Gasteiger charge is 2.54. The Hall–Kier alpha value is -2.62. The lowest BCUT2D eigenvalue weighted by Crippen LogP contribution is -2.48. The fourth-order valence-corrected chi connectivity index (χ4v) is 5.79. The highest BCUT2D eigenvalue weighted by molar-refractivity contribution is 5.83. The fourth-order valence-electron chi connectivity index (χ4n) is 5.79. The molecule has 1 aromatic carbocycles. The van der Waals surface area contributed by atoms with E-state index in [4.69, 9.17) is 18.9 Å². The number of hydrogen-bond donors (Lipinski definition) is 3. The van der Waals surface area contributed by atoms with Gasteiger partial charge in [-0.3, -0.25) is 4.79 Å². The van der Waals surface area contributed by atoms with Crippen molar-refractivity contribution < 1.29 is 43.9 Å². The summed E-state index contributed by atoms with van der Waals surface area (Å²) in [5, 5.41) is 29.7. The average Bonchev–Trinajstić information content (AvgIpc) is 3.17. The molecule has 3 heterocycles. The van der Waals surface area contributed by atoms with Crippen LogP contribution in [0.3, 0.4) is 0 Å². The van der Waals surface area contributed by atoms with E-state index in [9.17, 15) is 24.9 Å². The van der Waals surface area contributed by atoms with Gasteiger partial charge in [0.1, 0.15) is 18.3 Å². The van der Waals surface area contributed by atoms with Crippen LogP contribution in [0.2, 0.25) is 0 Å². The number of aliphatic hydroxyl groups excluding tert-OH is 1. The van der Waals surface area contributed by atoms with Crippen LogP contribution in [-0.2, 0) is 35.0 Å². The van der Waals surface area contributed by atoms with E-state index >= 15 is 0 Å². The number of carbonyl (C=O) groups excluding carboxylic acids is 2. The van der Waals surface area contributed by atoms with Gasteiger partial charge in [-0.15, -0.1) is 0 Å². The summed E-state index contributed by atoms with van der Waals surface area (Å²) in [6.45, 7) is 1.38. The van der Waals surface area contributed by atoms with Gasteiger partial charge in [-0.05, 0) is 49.5 Å². The smallest absolute Gasteiger partial charge is 0.330 e. The average molecular weight is 533 g/mol. The summed E-state index contributed by atoms with van der Waals surface area (Å²) in [5.41, 5.74) is 1.02. The molecule has 1 spiro atoms. The van der Waals surface area contributed by atoms with Crippen molar-refractivity contribution in [2.24, 2.45) is 0 Å². The first kappa shape index (κ1) is 28.4. The zero-order valence-corrected chi connectivity index (χ0v) is 22.0. The normalized spacial score (nSPS) is 29.2. The topological polar surface area (TPSA) is 132 Å². The van der Waals surface area contributed by atoms with Crippen molar-refractivity contribution in [2.75, 3.05) is 0 Å². The SMILES string of the molecule is CC(=O)OC1CC(CC(O)CCCCCCCCc2ccc(O)c(O)c2)OC2(C1)CC1OC(=O)C=CC1O2. The summed E-state index contributed by atoms with van der Waals surface area (Å²) in [5.74, 6) is -1.94. The summed E-state index contributed by atoms with van der Waals surface area (Å²) >= 11 is 0. The van der Waals surface area contributed by atoms with Gasteiger partial charge in [0, 0.05) is 32.3 Å². The Labute approximate surface area is 223 Å². The minimum atomic E-state index is -1.01. The number of fused-ring (bicyclic) bond motifs is 1. The predicted octanol–water partition coefficient (Wildman–Crippen LogP) is 4.20. The van der Waals surface area contributed by atoms with E-state index in [0.717, 1.165) is 50.5 Å². The number of aliphatic hydroxyl groups is 1. The summed E-state index contributed by atoms with van der Waals surface area (Å²) in [6.07, 6.45) is 10.4. The van der Waals surface area contributed by atoms with Gasteiger partial charge < -0.3 is 34.3 Å². The number of carbonyl (C=O) groups is 2. The van der Waals surface area contributed by atoms with Gasteiger partial charge in [0.15, 0.2) is 17.3 Å². The molecule has 0 amide bonds. The van der Waals surface area contributed by atoms with E-state index in [0.29, 0.717) is 32.1 Å². The van der Waals surface area contributed by atoms with Gasteiger partial charge in [0.05, 0.1) is 12.2 Å². The van der Waals surface area contributed by atoms with Gasteiger partial charge in [-0.2, -0.15) is 0 Å². The van der Waals surface area contributed by atoms with Crippen molar-refractivity contribution in [3.63, 3.8) is 0 Å². The summed E-state index contributed by atoms with van der Waals surface area (Å²) in [4.78, 5) is 23.3. The maximum Gasteiger partial charge on any atom is 0.330 e. The molecular formula is C29H40O9. The molecule has 3 N–H and O–H groups in total. The second kappa shape index (κ2) is 13.0. The number of aromatic hydroxyl groups is 2. The molecule has 0 aliphatic carbocycles. The summed E-state index contributed by atoms with van der Waals surface area (Å²) in [7, 11) is 0. The van der Waals surface area contributed by atoms with Crippen LogP contribution in [0.15, 0.2) is 30.4 Å². The minimum absolute atomic E-state index is 0.0758. The van der Waals surface area contributed by atoms with Crippen molar-refractivity contribution in [2.45, 2.75) is 120 Å². The van der Waals surface area contributed by atoms with Gasteiger partial charge in [-0.1, -0.05) is 38.2 Å². The van der Waals surface area contributed by atoms with Crippen LogP contribution in [0, 0.1) is 0 Å². The Bertz CT molecular complexity index is 992. The highest BCUT2D eigenvalue weighted by atomic mass is 16.7. The molecule has 210 valence electrons. The molecule has 0 saturated carbocycles. The van der Waals surface area contributed by atoms with E-state index in [1.54, 1.807) is 12.1 Å². The maximum absolute atomic E-state index is 11.7. The number of unbranched alkanes of at least 4 members (excludes halogenated alkanes) is 5. The second-order valence-electron chi connectivity index (χ2n) is 10.8. The van der Waals surface area contributed by atoms with E-state index in [1.807, 2.05) is 6.07 Å². The molecule has 2 fully saturated rings. The monoisotopic (exact) mass is 532 g/mol. The third kappa shape index (κ3) is 7.94. The largest absolute Gasteiger partial charge is 0.504 e. The van der Waals surface area contributed by atoms with Gasteiger partial charge in [-0.25, -0.2) is 4.79 Å². The number of phenolic OH excluding ortho intramolecular Hbond substituents is 2. The summed E-state index contributed by atoms with van der Waals surface area (Å²) < 4.78 is 23.4. The van der Waals surface area contributed by atoms with E-state index in [-0.39, 0.29) is 35.8 Å². The van der Waals surface area contributed by atoms with Crippen molar-refractivity contribution in [3.8, 4) is 11.5 Å². The molecule has 0 bridgehead atoms. The molecule has 9 nitrogen and oxygen atoms in total. The Morgan fingerprint density at radius 1 is 1.08 bits per heavy atom. The molecule has 3 aliphatic rings. The zero-order chi connectivity index (χ0) is 27.1. The number of phenols is 2. The molecule has 3 aliphatic heterocycles. The van der Waals surface area contributed by atoms with Gasteiger partial charge in [0.25, 0.3) is 0 Å². The number of benzene rings is 1. The Kier molecular flexibility index (Phi) is 9.68. The summed E-state index contributed by atoms with van der Waals surface area (Å²) in [6, 6.07) is 4.97. The molecule has 9 heteroatoms.